The van der Waals surface area contributed by atoms with Crippen LogP contribution in [0.15, 0.2) is 5.11 Å². The van der Waals surface area contributed by atoms with Crippen LogP contribution in [0, 0.1) is 0 Å². The van der Waals surface area contributed by atoms with E-state index in [1.54, 1.807) is 4.90 Å². The molecule has 0 N–H and O–H groups in total. The minimum Gasteiger partial charge on any atom is -0.346 e. The maximum atomic E-state index is 11.8. The standard InChI is InChI=1S/C10H14N4O3/c11-13-12-6-9-2-1-8(15)14(9)7-10(5-9)16-3-4-17-10/h1-7H2. The van der Waals surface area contributed by atoms with Crippen LogP contribution in [0.25, 0.3) is 10.4 Å². The summed E-state index contributed by atoms with van der Waals surface area (Å²) in [7, 11) is 0. The van der Waals surface area contributed by atoms with Gasteiger partial charge in [0.2, 0.25) is 5.91 Å². The molecule has 1 atom stereocenters. The molecule has 3 saturated heterocycles. The van der Waals surface area contributed by atoms with Gasteiger partial charge in [-0.15, -0.1) is 0 Å². The van der Waals surface area contributed by atoms with Gasteiger partial charge in [-0.1, -0.05) is 5.11 Å². The Balaban J connectivity index is 1.89. The highest BCUT2D eigenvalue weighted by Crippen LogP contribution is 2.47. The maximum absolute atomic E-state index is 11.8. The van der Waals surface area contributed by atoms with Gasteiger partial charge in [-0.2, -0.15) is 0 Å². The first-order valence-corrected chi connectivity index (χ1v) is 5.79. The van der Waals surface area contributed by atoms with Crippen molar-refractivity contribution in [3.8, 4) is 0 Å². The number of carbonyl (C=O) groups excluding carboxylic acids is 1. The summed E-state index contributed by atoms with van der Waals surface area (Å²) >= 11 is 0. The molecular weight excluding hydrogens is 224 g/mol. The van der Waals surface area contributed by atoms with Crippen molar-refractivity contribution < 1.29 is 14.3 Å². The van der Waals surface area contributed by atoms with Gasteiger partial charge in [0.05, 0.1) is 25.3 Å². The zero-order valence-corrected chi connectivity index (χ0v) is 9.46. The third-order valence-corrected chi connectivity index (χ3v) is 3.92. The zero-order valence-electron chi connectivity index (χ0n) is 9.46. The molecule has 92 valence electrons. The van der Waals surface area contributed by atoms with Gasteiger partial charge in [0.1, 0.15) is 0 Å². The van der Waals surface area contributed by atoms with Crippen molar-refractivity contribution >= 4 is 5.91 Å². The van der Waals surface area contributed by atoms with E-state index in [-0.39, 0.29) is 11.4 Å². The molecule has 1 amide bonds. The van der Waals surface area contributed by atoms with Crippen LogP contribution in [0.1, 0.15) is 19.3 Å². The third-order valence-electron chi connectivity index (χ3n) is 3.92. The van der Waals surface area contributed by atoms with Crippen LogP contribution < -0.4 is 0 Å². The number of fused-ring (bicyclic) bond motifs is 1. The minimum atomic E-state index is -0.652. The van der Waals surface area contributed by atoms with Crippen molar-refractivity contribution in [1.29, 1.82) is 0 Å². The smallest absolute Gasteiger partial charge is 0.223 e. The fraction of sp³-hybridized carbons (Fsp3) is 0.900. The highest BCUT2D eigenvalue weighted by Gasteiger charge is 2.60. The Morgan fingerprint density at radius 1 is 1.47 bits per heavy atom. The van der Waals surface area contributed by atoms with E-state index in [0.29, 0.717) is 39.1 Å². The molecule has 0 saturated carbocycles. The number of azide groups is 1. The number of amides is 1. The fourth-order valence-electron chi connectivity index (χ4n) is 3.19. The van der Waals surface area contributed by atoms with Crippen LogP contribution in [0.3, 0.4) is 0 Å². The van der Waals surface area contributed by atoms with E-state index in [1.165, 1.54) is 0 Å². The van der Waals surface area contributed by atoms with Crippen LogP contribution in [0.4, 0.5) is 0 Å². The number of rotatable bonds is 2. The zero-order chi connectivity index (χ0) is 11.9. The Morgan fingerprint density at radius 3 is 2.94 bits per heavy atom. The summed E-state index contributed by atoms with van der Waals surface area (Å²) in [6.45, 7) is 1.91. The molecule has 0 aromatic carbocycles. The van der Waals surface area contributed by atoms with Gasteiger partial charge in [-0.25, -0.2) is 0 Å². The Morgan fingerprint density at radius 2 is 2.24 bits per heavy atom. The molecule has 17 heavy (non-hydrogen) atoms. The van der Waals surface area contributed by atoms with Crippen molar-refractivity contribution in [3.05, 3.63) is 10.4 Å². The normalized spacial score (nSPS) is 34.1. The molecule has 1 spiro atoms. The SMILES string of the molecule is [N-]=[N+]=NCC12CCC(=O)N1CC1(C2)OCCO1. The second-order valence-electron chi connectivity index (χ2n) is 4.88. The summed E-state index contributed by atoms with van der Waals surface area (Å²) in [5.41, 5.74) is 8.08. The van der Waals surface area contributed by atoms with Gasteiger partial charge in [0, 0.05) is 24.3 Å². The second-order valence-corrected chi connectivity index (χ2v) is 4.88. The number of carbonyl (C=O) groups is 1. The van der Waals surface area contributed by atoms with Gasteiger partial charge in [-0.3, -0.25) is 4.79 Å². The molecule has 3 rings (SSSR count). The van der Waals surface area contributed by atoms with Crippen molar-refractivity contribution in [2.45, 2.75) is 30.6 Å². The van der Waals surface area contributed by atoms with E-state index in [0.717, 1.165) is 6.42 Å². The largest absolute Gasteiger partial charge is 0.346 e. The van der Waals surface area contributed by atoms with Crippen LogP contribution in [-0.4, -0.2) is 48.4 Å². The Kier molecular flexibility index (Phi) is 2.29. The lowest BCUT2D eigenvalue weighted by Crippen LogP contribution is -2.42. The monoisotopic (exact) mass is 238 g/mol. The summed E-state index contributed by atoms with van der Waals surface area (Å²) in [6, 6.07) is 0. The van der Waals surface area contributed by atoms with Gasteiger partial charge < -0.3 is 14.4 Å². The van der Waals surface area contributed by atoms with Gasteiger partial charge >= 0.3 is 0 Å². The molecule has 0 aliphatic carbocycles. The number of nitrogens with zero attached hydrogens (tertiary/aromatic N) is 4. The maximum Gasteiger partial charge on any atom is 0.223 e. The van der Waals surface area contributed by atoms with Gasteiger partial charge in [-0.05, 0) is 12.0 Å². The average molecular weight is 238 g/mol. The molecule has 3 heterocycles. The van der Waals surface area contributed by atoms with E-state index in [2.05, 4.69) is 10.0 Å². The lowest BCUT2D eigenvalue weighted by atomic mass is 9.92. The van der Waals surface area contributed by atoms with Crippen LogP contribution in [0.2, 0.25) is 0 Å². The first-order valence-electron chi connectivity index (χ1n) is 5.79. The Hall–Kier alpha value is -1.30. The quantitative estimate of drug-likeness (QED) is 0.405. The first kappa shape index (κ1) is 10.8. The fourth-order valence-corrected chi connectivity index (χ4v) is 3.19. The van der Waals surface area contributed by atoms with Crippen molar-refractivity contribution in [3.63, 3.8) is 0 Å². The lowest BCUT2D eigenvalue weighted by Gasteiger charge is -2.29. The molecule has 1 unspecified atom stereocenters. The van der Waals surface area contributed by atoms with E-state index in [9.17, 15) is 4.79 Å². The summed E-state index contributed by atoms with van der Waals surface area (Å²) in [5.74, 6) is -0.546. The van der Waals surface area contributed by atoms with Crippen molar-refractivity contribution in [2.75, 3.05) is 26.3 Å². The van der Waals surface area contributed by atoms with Gasteiger partial charge in [0.25, 0.3) is 0 Å². The predicted molar refractivity (Wildman–Crippen MR) is 56.9 cm³/mol. The molecule has 7 heteroatoms. The van der Waals surface area contributed by atoms with E-state index >= 15 is 0 Å². The van der Waals surface area contributed by atoms with Crippen molar-refractivity contribution in [1.82, 2.24) is 4.90 Å². The first-order chi connectivity index (χ1) is 8.20. The average Bonchev–Trinajstić information content (AvgIpc) is 2.97. The highest BCUT2D eigenvalue weighted by atomic mass is 16.7. The predicted octanol–water partition coefficient (Wildman–Crippen LogP) is 0.805. The summed E-state index contributed by atoms with van der Waals surface area (Å²) < 4.78 is 11.3. The minimum absolute atomic E-state index is 0.106. The molecule has 0 radical (unpaired) electrons. The van der Waals surface area contributed by atoms with E-state index in [4.69, 9.17) is 15.0 Å². The lowest BCUT2D eigenvalue weighted by molar-refractivity contribution is -0.153. The topological polar surface area (TPSA) is 87.5 Å². The molecular formula is C10H14N4O3. The second kappa shape index (κ2) is 3.60. The Labute approximate surface area is 98.3 Å². The summed E-state index contributed by atoms with van der Waals surface area (Å²) in [5, 5.41) is 3.65. The van der Waals surface area contributed by atoms with Crippen molar-refractivity contribution in [2.24, 2.45) is 5.11 Å². The summed E-state index contributed by atoms with van der Waals surface area (Å²) in [6.07, 6.45) is 1.86. The van der Waals surface area contributed by atoms with E-state index < -0.39 is 5.79 Å². The molecule has 3 aliphatic rings. The molecule has 0 bridgehead atoms. The number of hydrogen-bond donors (Lipinski definition) is 0. The molecule has 0 aromatic heterocycles. The van der Waals surface area contributed by atoms with Gasteiger partial charge in [0.15, 0.2) is 5.79 Å². The molecule has 3 aliphatic heterocycles. The van der Waals surface area contributed by atoms with Crippen LogP contribution in [0.5, 0.6) is 0 Å². The van der Waals surface area contributed by atoms with Crippen LogP contribution in [-0.2, 0) is 14.3 Å². The molecule has 7 nitrogen and oxygen atoms in total. The highest BCUT2D eigenvalue weighted by molar-refractivity contribution is 5.80. The number of hydrogen-bond acceptors (Lipinski definition) is 4. The third kappa shape index (κ3) is 1.50. The van der Waals surface area contributed by atoms with Crippen LogP contribution >= 0.6 is 0 Å². The Bertz CT molecular complexity index is 400. The molecule has 3 fully saturated rings. The summed E-state index contributed by atoms with van der Waals surface area (Å²) in [4.78, 5) is 16.4. The molecule has 0 aromatic rings. The van der Waals surface area contributed by atoms with E-state index in [1.807, 2.05) is 0 Å². The number of ether oxygens (including phenoxy) is 2.